The number of carbonyl (C=O) groups excluding carboxylic acids is 2. The van der Waals surface area contributed by atoms with Gasteiger partial charge in [-0.3, -0.25) is 4.79 Å². The molecule has 0 N–H and O–H groups in total. The Bertz CT molecular complexity index is 600. The number of ether oxygens (including phenoxy) is 2. The van der Waals surface area contributed by atoms with Crippen LogP contribution in [0, 0.1) is 11.5 Å². The second-order valence-corrected chi connectivity index (χ2v) is 8.37. The molecule has 3 aliphatic rings. The van der Waals surface area contributed by atoms with Crippen LogP contribution >= 0.6 is 0 Å². The van der Waals surface area contributed by atoms with Crippen LogP contribution in [0.3, 0.4) is 0 Å². The molecule has 0 unspecified atom stereocenters. The Morgan fingerprint density at radius 3 is 2.38 bits per heavy atom. The summed E-state index contributed by atoms with van der Waals surface area (Å²) in [5, 5.41) is 9.82. The molecule has 0 radical (unpaired) electrons. The van der Waals surface area contributed by atoms with Crippen molar-refractivity contribution in [2.24, 2.45) is 0 Å². The first-order valence-corrected chi connectivity index (χ1v) is 11.1. The molecule has 8 nitrogen and oxygen atoms in total. The van der Waals surface area contributed by atoms with E-state index in [1.165, 1.54) is 4.90 Å². The molecule has 8 heteroatoms. The molecule has 0 atom stereocenters. The molecule has 2 amide bonds. The van der Waals surface area contributed by atoms with Crippen LogP contribution in [-0.2, 0) is 14.3 Å². The largest absolute Gasteiger partial charge is 0.433 e. The molecule has 0 aromatic rings. The van der Waals surface area contributed by atoms with E-state index in [1.54, 1.807) is 4.90 Å². The number of nitriles is 1. The van der Waals surface area contributed by atoms with Gasteiger partial charge in [-0.2, -0.15) is 5.26 Å². The average molecular weight is 407 g/mol. The quantitative estimate of drug-likeness (QED) is 0.515. The SMILES string of the molecule is CCCN1CCC(N(C#N)C(=O)C2(OC(=O)N3CCOCC3)CCCCC2)CC1. The van der Waals surface area contributed by atoms with E-state index in [9.17, 15) is 14.9 Å². The highest BCUT2D eigenvalue weighted by Gasteiger charge is 2.48. The van der Waals surface area contributed by atoms with Gasteiger partial charge in [0, 0.05) is 32.2 Å². The van der Waals surface area contributed by atoms with Crippen molar-refractivity contribution in [1.29, 1.82) is 5.26 Å². The van der Waals surface area contributed by atoms with Crippen molar-refractivity contribution in [2.75, 3.05) is 45.9 Å². The topological polar surface area (TPSA) is 86.1 Å². The zero-order chi connectivity index (χ0) is 20.7. The first-order chi connectivity index (χ1) is 14.1. The smallest absolute Gasteiger partial charge is 0.410 e. The first kappa shape index (κ1) is 21.8. The summed E-state index contributed by atoms with van der Waals surface area (Å²) < 4.78 is 11.2. The molecule has 1 saturated carbocycles. The Balaban J connectivity index is 1.70. The van der Waals surface area contributed by atoms with Gasteiger partial charge in [-0.25, -0.2) is 9.69 Å². The normalized spacial score (nSPS) is 23.2. The molecule has 1 aliphatic carbocycles. The summed E-state index contributed by atoms with van der Waals surface area (Å²) in [6.45, 7) is 6.91. The lowest BCUT2D eigenvalue weighted by Gasteiger charge is -2.42. The standard InChI is InChI=1S/C21H34N4O4/c1-2-10-23-11-6-18(7-12-23)25(17-22)19(26)21(8-4-3-5-9-21)29-20(27)24-13-15-28-16-14-24/h18H,2-16H2,1H3. The van der Waals surface area contributed by atoms with Gasteiger partial charge in [-0.15, -0.1) is 0 Å². The monoisotopic (exact) mass is 406 g/mol. The molecule has 0 aromatic heterocycles. The number of carbonyl (C=O) groups is 2. The summed E-state index contributed by atoms with van der Waals surface area (Å²) in [4.78, 5) is 31.6. The van der Waals surface area contributed by atoms with Crippen LogP contribution in [0.4, 0.5) is 4.79 Å². The highest BCUT2D eigenvalue weighted by Crippen LogP contribution is 2.35. The van der Waals surface area contributed by atoms with Gasteiger partial charge in [0.2, 0.25) is 0 Å². The fourth-order valence-corrected chi connectivity index (χ4v) is 4.69. The summed E-state index contributed by atoms with van der Waals surface area (Å²) in [5.41, 5.74) is -1.20. The van der Waals surface area contributed by atoms with Crippen molar-refractivity contribution in [3.63, 3.8) is 0 Å². The van der Waals surface area contributed by atoms with Gasteiger partial charge >= 0.3 is 6.09 Å². The number of morpholine rings is 1. The number of nitrogens with zero attached hydrogens (tertiary/aromatic N) is 4. The maximum atomic E-state index is 13.5. The summed E-state index contributed by atoms with van der Waals surface area (Å²) in [6.07, 6.45) is 8.02. The lowest BCUT2D eigenvalue weighted by Crippen LogP contribution is -2.57. The third-order valence-electron chi connectivity index (χ3n) is 6.39. The lowest BCUT2D eigenvalue weighted by atomic mass is 9.83. The van der Waals surface area contributed by atoms with E-state index < -0.39 is 11.7 Å². The molecule has 2 heterocycles. The van der Waals surface area contributed by atoms with Gasteiger partial charge in [0.25, 0.3) is 5.91 Å². The Morgan fingerprint density at radius 1 is 1.14 bits per heavy atom. The van der Waals surface area contributed by atoms with Crippen molar-refractivity contribution < 1.29 is 19.1 Å². The Hall–Kier alpha value is -1.85. The number of likely N-dealkylation sites (tertiary alicyclic amines) is 1. The molecule has 2 aliphatic heterocycles. The highest BCUT2D eigenvalue weighted by atomic mass is 16.6. The molecule has 2 saturated heterocycles. The van der Waals surface area contributed by atoms with Crippen LogP contribution in [-0.4, -0.2) is 84.3 Å². The Morgan fingerprint density at radius 2 is 1.79 bits per heavy atom. The van der Waals surface area contributed by atoms with Gasteiger partial charge < -0.3 is 19.3 Å². The maximum Gasteiger partial charge on any atom is 0.410 e. The molecule has 3 rings (SSSR count). The molecule has 0 spiro atoms. The van der Waals surface area contributed by atoms with Gasteiger partial charge in [-0.1, -0.05) is 13.3 Å². The molecule has 0 aromatic carbocycles. The Kier molecular flexibility index (Phi) is 7.73. The van der Waals surface area contributed by atoms with Crippen LogP contribution in [0.25, 0.3) is 0 Å². The summed E-state index contributed by atoms with van der Waals surface area (Å²) in [6, 6.07) is -0.110. The maximum absolute atomic E-state index is 13.5. The van der Waals surface area contributed by atoms with E-state index >= 15 is 0 Å². The number of hydrogen-bond acceptors (Lipinski definition) is 6. The minimum atomic E-state index is -1.20. The number of rotatable bonds is 5. The second kappa shape index (κ2) is 10.3. The van der Waals surface area contributed by atoms with Crippen molar-refractivity contribution in [3.8, 4) is 6.19 Å². The fourth-order valence-electron chi connectivity index (χ4n) is 4.69. The summed E-state index contributed by atoms with van der Waals surface area (Å²) in [7, 11) is 0. The van der Waals surface area contributed by atoms with E-state index in [2.05, 4.69) is 18.0 Å². The van der Waals surface area contributed by atoms with Crippen LogP contribution in [0.15, 0.2) is 0 Å². The predicted octanol–water partition coefficient (Wildman–Crippen LogP) is 2.34. The average Bonchev–Trinajstić information content (AvgIpc) is 2.77. The highest BCUT2D eigenvalue weighted by molar-refractivity contribution is 5.89. The molecular formula is C21H34N4O4. The lowest BCUT2D eigenvalue weighted by molar-refractivity contribution is -0.156. The van der Waals surface area contributed by atoms with Crippen molar-refractivity contribution >= 4 is 12.0 Å². The van der Waals surface area contributed by atoms with Crippen LogP contribution in [0.1, 0.15) is 58.3 Å². The fraction of sp³-hybridized carbons (Fsp3) is 0.857. The molecule has 3 fully saturated rings. The van der Waals surface area contributed by atoms with Crippen LogP contribution in [0.2, 0.25) is 0 Å². The predicted molar refractivity (Wildman–Crippen MR) is 107 cm³/mol. The first-order valence-electron chi connectivity index (χ1n) is 11.1. The van der Waals surface area contributed by atoms with Gasteiger partial charge in [0.15, 0.2) is 11.8 Å². The van der Waals surface area contributed by atoms with E-state index in [4.69, 9.17) is 9.47 Å². The van der Waals surface area contributed by atoms with Gasteiger partial charge in [0.1, 0.15) is 0 Å². The summed E-state index contributed by atoms with van der Waals surface area (Å²) in [5.74, 6) is -0.324. The van der Waals surface area contributed by atoms with Crippen molar-refractivity contribution in [2.45, 2.75) is 69.9 Å². The number of piperidine rings is 1. The Labute approximate surface area is 173 Å². The van der Waals surface area contributed by atoms with Crippen LogP contribution < -0.4 is 0 Å². The molecule has 0 bridgehead atoms. The molecule has 162 valence electrons. The third-order valence-corrected chi connectivity index (χ3v) is 6.39. The summed E-state index contributed by atoms with van der Waals surface area (Å²) >= 11 is 0. The number of hydrogen-bond donors (Lipinski definition) is 0. The van der Waals surface area contributed by atoms with E-state index in [0.29, 0.717) is 39.1 Å². The van der Waals surface area contributed by atoms with E-state index in [-0.39, 0.29) is 11.9 Å². The van der Waals surface area contributed by atoms with Gasteiger partial charge in [0.05, 0.1) is 13.2 Å². The van der Waals surface area contributed by atoms with E-state index in [0.717, 1.165) is 58.2 Å². The third kappa shape index (κ3) is 5.20. The van der Waals surface area contributed by atoms with Gasteiger partial charge in [-0.05, 0) is 51.5 Å². The van der Waals surface area contributed by atoms with Crippen molar-refractivity contribution in [1.82, 2.24) is 14.7 Å². The number of amides is 2. The van der Waals surface area contributed by atoms with Crippen LogP contribution in [0.5, 0.6) is 0 Å². The second-order valence-electron chi connectivity index (χ2n) is 8.37. The molecule has 29 heavy (non-hydrogen) atoms. The zero-order valence-electron chi connectivity index (χ0n) is 17.6. The molecular weight excluding hydrogens is 372 g/mol. The zero-order valence-corrected chi connectivity index (χ0v) is 17.6. The minimum Gasteiger partial charge on any atom is -0.433 e. The van der Waals surface area contributed by atoms with Crippen molar-refractivity contribution in [3.05, 3.63) is 0 Å². The van der Waals surface area contributed by atoms with E-state index in [1.807, 2.05) is 0 Å². The minimum absolute atomic E-state index is 0.110.